The summed E-state index contributed by atoms with van der Waals surface area (Å²) >= 11 is 0. The third kappa shape index (κ3) is 4.75. The van der Waals surface area contributed by atoms with Crippen molar-refractivity contribution < 1.29 is 23.5 Å². The Labute approximate surface area is 156 Å². The zero-order chi connectivity index (χ0) is 19.4. The van der Waals surface area contributed by atoms with E-state index in [-0.39, 0.29) is 29.8 Å². The Hall–Kier alpha value is -3.09. The summed E-state index contributed by atoms with van der Waals surface area (Å²) in [6.45, 7) is 0.0477. The van der Waals surface area contributed by atoms with E-state index in [1.54, 1.807) is 12.0 Å². The number of amides is 1. The van der Waals surface area contributed by atoms with Crippen LogP contribution in [0.4, 0.5) is 10.1 Å². The van der Waals surface area contributed by atoms with Crippen LogP contribution in [0.1, 0.15) is 28.8 Å². The van der Waals surface area contributed by atoms with Crippen molar-refractivity contribution in [1.29, 1.82) is 0 Å². The van der Waals surface area contributed by atoms with E-state index in [1.165, 1.54) is 6.07 Å². The first-order chi connectivity index (χ1) is 13.0. The van der Waals surface area contributed by atoms with Crippen LogP contribution in [0, 0.1) is 5.82 Å². The summed E-state index contributed by atoms with van der Waals surface area (Å²) < 4.78 is 23.3. The first-order valence-corrected chi connectivity index (χ1v) is 8.62. The van der Waals surface area contributed by atoms with Gasteiger partial charge in [0.15, 0.2) is 6.61 Å². The third-order valence-electron chi connectivity index (χ3n) is 4.38. The molecule has 2 aromatic carbocycles. The van der Waals surface area contributed by atoms with E-state index in [4.69, 9.17) is 15.2 Å². The number of anilines is 1. The number of nitrogens with zero attached hydrogens (tertiary/aromatic N) is 1. The lowest BCUT2D eigenvalue weighted by Crippen LogP contribution is -2.36. The largest absolute Gasteiger partial charge is 0.497 e. The molecule has 0 bridgehead atoms. The molecule has 142 valence electrons. The van der Waals surface area contributed by atoms with Gasteiger partial charge in [-0.3, -0.25) is 4.79 Å². The van der Waals surface area contributed by atoms with E-state index in [1.807, 2.05) is 24.3 Å². The number of esters is 1. The first kappa shape index (κ1) is 18.7. The maximum atomic E-state index is 13.1. The van der Waals surface area contributed by atoms with Crippen LogP contribution >= 0.6 is 0 Å². The molecule has 1 saturated carbocycles. The molecule has 7 heteroatoms. The predicted octanol–water partition coefficient (Wildman–Crippen LogP) is 2.76. The molecule has 0 unspecified atom stereocenters. The SMILES string of the molecule is COc1ccc(CN(C(=O)COC(=O)c2ccc(F)cc2N)C2CC2)cc1. The number of nitrogen functional groups attached to an aromatic ring is 1. The predicted molar refractivity (Wildman–Crippen MR) is 97.7 cm³/mol. The number of ether oxygens (including phenoxy) is 2. The highest BCUT2D eigenvalue weighted by molar-refractivity contribution is 5.96. The van der Waals surface area contributed by atoms with E-state index >= 15 is 0 Å². The second-order valence-electron chi connectivity index (χ2n) is 6.41. The van der Waals surface area contributed by atoms with Gasteiger partial charge in [-0.2, -0.15) is 0 Å². The molecule has 0 aliphatic heterocycles. The maximum Gasteiger partial charge on any atom is 0.340 e. The molecule has 0 aromatic heterocycles. The Kier molecular flexibility index (Phi) is 5.59. The molecule has 0 heterocycles. The van der Waals surface area contributed by atoms with Crippen molar-refractivity contribution in [3.05, 3.63) is 59.4 Å². The fraction of sp³-hybridized carbons (Fsp3) is 0.300. The Morgan fingerprint density at radius 3 is 2.48 bits per heavy atom. The van der Waals surface area contributed by atoms with E-state index in [9.17, 15) is 14.0 Å². The zero-order valence-electron chi connectivity index (χ0n) is 15.0. The van der Waals surface area contributed by atoms with Gasteiger partial charge in [0.05, 0.1) is 12.7 Å². The van der Waals surface area contributed by atoms with Crippen LogP contribution in [0.5, 0.6) is 5.75 Å². The van der Waals surface area contributed by atoms with Crippen LogP contribution in [-0.2, 0) is 16.1 Å². The lowest BCUT2D eigenvalue weighted by Gasteiger charge is -2.22. The van der Waals surface area contributed by atoms with E-state index in [0.29, 0.717) is 6.54 Å². The standard InChI is InChI=1S/C20H21FN2O4/c1-26-16-7-2-13(3-8-16)11-23(15-5-6-15)19(24)12-27-20(25)17-9-4-14(21)10-18(17)22/h2-4,7-10,15H,5-6,11-12,22H2,1H3. The number of benzene rings is 2. The number of halogens is 1. The van der Waals surface area contributed by atoms with Crippen molar-refractivity contribution in [1.82, 2.24) is 4.90 Å². The average Bonchev–Trinajstić information content (AvgIpc) is 3.49. The van der Waals surface area contributed by atoms with Gasteiger partial charge in [-0.15, -0.1) is 0 Å². The smallest absolute Gasteiger partial charge is 0.340 e. The van der Waals surface area contributed by atoms with Crippen molar-refractivity contribution in [3.8, 4) is 5.75 Å². The second-order valence-corrected chi connectivity index (χ2v) is 6.41. The minimum atomic E-state index is -0.749. The van der Waals surface area contributed by atoms with Crippen LogP contribution in [0.3, 0.4) is 0 Å². The Morgan fingerprint density at radius 1 is 1.19 bits per heavy atom. The number of hydrogen-bond acceptors (Lipinski definition) is 5. The molecule has 0 atom stereocenters. The van der Waals surface area contributed by atoms with Crippen molar-refractivity contribution in [2.24, 2.45) is 0 Å². The number of carbonyl (C=O) groups is 2. The van der Waals surface area contributed by atoms with Crippen LogP contribution in [0.25, 0.3) is 0 Å². The van der Waals surface area contributed by atoms with Gasteiger partial charge in [-0.25, -0.2) is 9.18 Å². The molecule has 1 amide bonds. The molecule has 2 aromatic rings. The molecular formula is C20H21FN2O4. The molecule has 1 aliphatic carbocycles. The highest BCUT2D eigenvalue weighted by atomic mass is 19.1. The fourth-order valence-electron chi connectivity index (χ4n) is 2.74. The molecule has 3 rings (SSSR count). The van der Waals surface area contributed by atoms with Gasteiger partial charge in [-0.05, 0) is 48.7 Å². The lowest BCUT2D eigenvalue weighted by atomic mass is 10.2. The van der Waals surface area contributed by atoms with Crippen LogP contribution < -0.4 is 10.5 Å². The molecule has 1 aliphatic rings. The van der Waals surface area contributed by atoms with Crippen LogP contribution in [0.2, 0.25) is 0 Å². The van der Waals surface area contributed by atoms with Gasteiger partial charge in [0.25, 0.3) is 5.91 Å². The van der Waals surface area contributed by atoms with Crippen molar-refractivity contribution >= 4 is 17.6 Å². The number of methoxy groups -OCH3 is 1. The first-order valence-electron chi connectivity index (χ1n) is 8.62. The van der Waals surface area contributed by atoms with Gasteiger partial charge in [0.2, 0.25) is 0 Å². The molecule has 0 spiro atoms. The van der Waals surface area contributed by atoms with E-state index in [0.717, 1.165) is 36.3 Å². The van der Waals surface area contributed by atoms with Crippen molar-refractivity contribution in [3.63, 3.8) is 0 Å². The fourth-order valence-corrected chi connectivity index (χ4v) is 2.74. The lowest BCUT2D eigenvalue weighted by molar-refractivity contribution is -0.135. The molecule has 0 saturated heterocycles. The summed E-state index contributed by atoms with van der Waals surface area (Å²) in [5.41, 5.74) is 6.61. The van der Waals surface area contributed by atoms with Crippen molar-refractivity contribution in [2.75, 3.05) is 19.5 Å². The molecule has 6 nitrogen and oxygen atoms in total. The molecule has 1 fully saturated rings. The number of nitrogens with two attached hydrogens (primary N) is 1. The quantitative estimate of drug-likeness (QED) is 0.597. The summed E-state index contributed by atoms with van der Waals surface area (Å²) in [4.78, 5) is 26.4. The van der Waals surface area contributed by atoms with Crippen molar-refractivity contribution in [2.45, 2.75) is 25.4 Å². The highest BCUT2D eigenvalue weighted by Gasteiger charge is 2.33. The van der Waals surface area contributed by atoms with Gasteiger partial charge >= 0.3 is 5.97 Å². The third-order valence-corrected chi connectivity index (χ3v) is 4.38. The Bertz CT molecular complexity index is 834. The zero-order valence-corrected chi connectivity index (χ0v) is 15.0. The monoisotopic (exact) mass is 372 g/mol. The Balaban J connectivity index is 1.60. The summed E-state index contributed by atoms with van der Waals surface area (Å²) in [5.74, 6) is -0.822. The molecule has 27 heavy (non-hydrogen) atoms. The van der Waals surface area contributed by atoms with E-state index < -0.39 is 11.8 Å². The van der Waals surface area contributed by atoms with Crippen LogP contribution in [-0.4, -0.2) is 36.5 Å². The molecular weight excluding hydrogens is 351 g/mol. The average molecular weight is 372 g/mol. The number of carbonyl (C=O) groups excluding carboxylic acids is 2. The maximum absolute atomic E-state index is 13.1. The van der Waals surface area contributed by atoms with Gasteiger partial charge < -0.3 is 20.1 Å². The van der Waals surface area contributed by atoms with E-state index in [2.05, 4.69) is 0 Å². The molecule has 0 radical (unpaired) electrons. The van der Waals surface area contributed by atoms with Crippen LogP contribution in [0.15, 0.2) is 42.5 Å². The Morgan fingerprint density at radius 2 is 1.89 bits per heavy atom. The summed E-state index contributed by atoms with van der Waals surface area (Å²) in [6, 6.07) is 11.0. The topological polar surface area (TPSA) is 81.9 Å². The highest BCUT2D eigenvalue weighted by Crippen LogP contribution is 2.29. The minimum absolute atomic E-state index is 0.0234. The number of rotatable bonds is 7. The molecule has 2 N–H and O–H groups in total. The van der Waals surface area contributed by atoms with Gasteiger partial charge in [-0.1, -0.05) is 12.1 Å². The number of hydrogen-bond donors (Lipinski definition) is 1. The minimum Gasteiger partial charge on any atom is -0.497 e. The van der Waals surface area contributed by atoms with Gasteiger partial charge in [0.1, 0.15) is 11.6 Å². The normalized spacial score (nSPS) is 13.1. The van der Waals surface area contributed by atoms with Gasteiger partial charge in [0, 0.05) is 18.3 Å². The summed E-state index contributed by atoms with van der Waals surface area (Å²) in [6.07, 6.45) is 1.86. The summed E-state index contributed by atoms with van der Waals surface area (Å²) in [7, 11) is 1.59. The summed E-state index contributed by atoms with van der Waals surface area (Å²) in [5, 5.41) is 0. The second kappa shape index (κ2) is 8.07.